The van der Waals surface area contributed by atoms with Gasteiger partial charge in [-0.3, -0.25) is 0 Å². The zero-order valence-electron chi connectivity index (χ0n) is 6.10. The molecule has 9 heavy (non-hydrogen) atoms. The van der Waals surface area contributed by atoms with Crippen molar-refractivity contribution >= 4 is 21.6 Å². The number of hydrogen-bond acceptors (Lipinski definition) is 2. The van der Waals surface area contributed by atoms with E-state index in [0.717, 1.165) is 4.91 Å². The third kappa shape index (κ3) is 6.06. The second kappa shape index (κ2) is 5.00. The summed E-state index contributed by atoms with van der Waals surface area (Å²) in [5, 5.41) is 0. The molecule has 0 fully saturated rings. The van der Waals surface area contributed by atoms with E-state index >= 15 is 0 Å². The smallest absolute Gasteiger partial charge is 0.0112 e. The molecule has 0 saturated carbocycles. The second-order valence-corrected chi connectivity index (χ2v) is 4.44. The lowest BCUT2D eigenvalue weighted by molar-refractivity contribution is 1.60. The lowest BCUT2D eigenvalue weighted by atomic mass is 10.6. The lowest BCUT2D eigenvalue weighted by Gasteiger charge is -1.96. The first kappa shape index (κ1) is 9.18. The van der Waals surface area contributed by atoms with Crippen molar-refractivity contribution < 1.29 is 0 Å². The third-order valence-corrected chi connectivity index (χ3v) is 3.48. The fourth-order valence-electron chi connectivity index (χ4n) is 0.185. The monoisotopic (exact) mass is 160 g/mol. The molecular formula is C7H12S2. The topological polar surface area (TPSA) is 0 Å². The SMILES string of the molecule is C=C(C)SSC(C)=CC. The summed E-state index contributed by atoms with van der Waals surface area (Å²) >= 11 is 0. The van der Waals surface area contributed by atoms with Crippen molar-refractivity contribution in [2.75, 3.05) is 0 Å². The standard InChI is InChI=1S/C7H12S2/c1-5-7(4)9-8-6(2)3/h5H,2H2,1,3-4H3. The van der Waals surface area contributed by atoms with Gasteiger partial charge in [0.15, 0.2) is 0 Å². The minimum Gasteiger partial charge on any atom is -0.0889 e. The second-order valence-electron chi connectivity index (χ2n) is 1.77. The molecule has 0 aromatic heterocycles. The average molecular weight is 160 g/mol. The minimum atomic E-state index is 1.15. The molecule has 0 N–H and O–H groups in total. The highest BCUT2D eigenvalue weighted by Gasteiger charge is 1.88. The van der Waals surface area contributed by atoms with E-state index in [9.17, 15) is 0 Å². The lowest BCUT2D eigenvalue weighted by Crippen LogP contribution is -1.59. The molecular weight excluding hydrogens is 148 g/mol. The first-order valence-corrected chi connectivity index (χ1v) is 4.94. The van der Waals surface area contributed by atoms with Crippen LogP contribution in [-0.2, 0) is 0 Å². The van der Waals surface area contributed by atoms with Crippen molar-refractivity contribution in [2.24, 2.45) is 0 Å². The van der Waals surface area contributed by atoms with Crippen LogP contribution in [-0.4, -0.2) is 0 Å². The van der Waals surface area contributed by atoms with Crippen molar-refractivity contribution in [1.29, 1.82) is 0 Å². The fourth-order valence-corrected chi connectivity index (χ4v) is 1.66. The van der Waals surface area contributed by atoms with Crippen molar-refractivity contribution in [3.05, 3.63) is 22.5 Å². The summed E-state index contributed by atoms with van der Waals surface area (Å²) in [5.41, 5.74) is 0. The largest absolute Gasteiger partial charge is 0.0889 e. The van der Waals surface area contributed by atoms with Gasteiger partial charge in [0.2, 0.25) is 0 Å². The van der Waals surface area contributed by atoms with E-state index in [2.05, 4.69) is 19.6 Å². The van der Waals surface area contributed by atoms with Crippen molar-refractivity contribution in [3.63, 3.8) is 0 Å². The highest BCUT2D eigenvalue weighted by molar-refractivity contribution is 8.79. The molecule has 0 spiro atoms. The van der Waals surface area contributed by atoms with Gasteiger partial charge in [0, 0.05) is 0 Å². The third-order valence-electron chi connectivity index (χ3n) is 0.722. The molecule has 0 amide bonds. The number of allylic oxidation sites excluding steroid dienone is 3. The fraction of sp³-hybridized carbons (Fsp3) is 0.429. The van der Waals surface area contributed by atoms with Gasteiger partial charge in [0.25, 0.3) is 0 Å². The maximum atomic E-state index is 3.78. The van der Waals surface area contributed by atoms with Gasteiger partial charge in [-0.15, -0.1) is 0 Å². The Morgan fingerprint density at radius 2 is 1.89 bits per heavy atom. The van der Waals surface area contributed by atoms with Crippen LogP contribution < -0.4 is 0 Å². The summed E-state index contributed by atoms with van der Waals surface area (Å²) in [6, 6.07) is 0. The Hall–Kier alpha value is 0.180. The van der Waals surface area contributed by atoms with Crippen LogP contribution in [0.3, 0.4) is 0 Å². The highest BCUT2D eigenvalue weighted by Crippen LogP contribution is 2.34. The maximum absolute atomic E-state index is 3.78. The Bertz CT molecular complexity index is 125. The predicted octanol–water partition coefficient (Wildman–Crippen LogP) is 3.83. The van der Waals surface area contributed by atoms with E-state index in [0.29, 0.717) is 0 Å². The highest BCUT2D eigenvalue weighted by atomic mass is 33.1. The molecule has 52 valence electrons. The normalized spacial score (nSPS) is 11.7. The summed E-state index contributed by atoms with van der Waals surface area (Å²) in [5.74, 6) is 0. The Morgan fingerprint density at radius 1 is 1.33 bits per heavy atom. The molecule has 0 aliphatic carbocycles. The maximum Gasteiger partial charge on any atom is -0.0112 e. The molecule has 0 aliphatic heterocycles. The van der Waals surface area contributed by atoms with Gasteiger partial charge in [-0.25, -0.2) is 0 Å². The molecule has 0 heterocycles. The Balaban J connectivity index is 3.39. The van der Waals surface area contributed by atoms with Gasteiger partial charge < -0.3 is 0 Å². The van der Waals surface area contributed by atoms with Gasteiger partial charge in [0.05, 0.1) is 0 Å². The van der Waals surface area contributed by atoms with Crippen LogP contribution in [0.2, 0.25) is 0 Å². The van der Waals surface area contributed by atoms with Gasteiger partial charge in [-0.05, 0) is 30.6 Å². The zero-order valence-corrected chi connectivity index (χ0v) is 7.73. The molecule has 2 heteroatoms. The molecule has 0 saturated heterocycles. The molecule has 0 aliphatic rings. The molecule has 0 aromatic carbocycles. The van der Waals surface area contributed by atoms with E-state index in [1.54, 1.807) is 21.6 Å². The van der Waals surface area contributed by atoms with Crippen molar-refractivity contribution in [3.8, 4) is 0 Å². The van der Waals surface area contributed by atoms with Crippen LogP contribution in [0.4, 0.5) is 0 Å². The molecule has 0 atom stereocenters. The van der Waals surface area contributed by atoms with Crippen LogP contribution in [0.15, 0.2) is 22.5 Å². The zero-order chi connectivity index (χ0) is 7.28. The number of rotatable bonds is 3. The summed E-state index contributed by atoms with van der Waals surface area (Å²) in [6.07, 6.45) is 2.10. The van der Waals surface area contributed by atoms with E-state index in [-0.39, 0.29) is 0 Å². The summed E-state index contributed by atoms with van der Waals surface area (Å²) in [6.45, 7) is 9.93. The summed E-state index contributed by atoms with van der Waals surface area (Å²) < 4.78 is 0. The first-order valence-electron chi connectivity index (χ1n) is 2.79. The van der Waals surface area contributed by atoms with E-state index < -0.39 is 0 Å². The van der Waals surface area contributed by atoms with Gasteiger partial charge in [-0.1, -0.05) is 34.2 Å². The van der Waals surface area contributed by atoms with E-state index in [4.69, 9.17) is 0 Å². The van der Waals surface area contributed by atoms with Gasteiger partial charge >= 0.3 is 0 Å². The Morgan fingerprint density at radius 3 is 2.22 bits per heavy atom. The van der Waals surface area contributed by atoms with Crippen LogP contribution in [0.25, 0.3) is 0 Å². The molecule has 0 radical (unpaired) electrons. The minimum absolute atomic E-state index is 1.15. The summed E-state index contributed by atoms with van der Waals surface area (Å²) in [7, 11) is 3.48. The van der Waals surface area contributed by atoms with Crippen LogP contribution in [0, 0.1) is 0 Å². The van der Waals surface area contributed by atoms with E-state index in [1.165, 1.54) is 4.91 Å². The average Bonchev–Trinajstić information content (AvgIpc) is 1.83. The van der Waals surface area contributed by atoms with E-state index in [1.807, 2.05) is 13.8 Å². The molecule has 0 aromatic rings. The quantitative estimate of drug-likeness (QED) is 0.575. The van der Waals surface area contributed by atoms with Crippen molar-refractivity contribution in [2.45, 2.75) is 20.8 Å². The van der Waals surface area contributed by atoms with Crippen LogP contribution in [0.1, 0.15) is 20.8 Å². The van der Waals surface area contributed by atoms with Crippen molar-refractivity contribution in [1.82, 2.24) is 0 Å². The Kier molecular flexibility index (Phi) is 5.10. The molecule has 0 unspecified atom stereocenters. The first-order chi connectivity index (χ1) is 4.16. The molecule has 0 rings (SSSR count). The molecule has 0 bridgehead atoms. The predicted molar refractivity (Wildman–Crippen MR) is 49.4 cm³/mol. The Labute approximate surface area is 65.2 Å². The van der Waals surface area contributed by atoms with Crippen LogP contribution >= 0.6 is 21.6 Å². The van der Waals surface area contributed by atoms with Gasteiger partial charge in [0.1, 0.15) is 0 Å². The van der Waals surface area contributed by atoms with Gasteiger partial charge in [-0.2, -0.15) is 0 Å². The number of hydrogen-bond donors (Lipinski definition) is 0. The van der Waals surface area contributed by atoms with Crippen LogP contribution in [0.5, 0.6) is 0 Å². The molecule has 0 nitrogen and oxygen atoms in total. The summed E-state index contributed by atoms with van der Waals surface area (Å²) in [4.78, 5) is 2.49.